The van der Waals surface area contributed by atoms with Gasteiger partial charge in [0.25, 0.3) is 0 Å². The normalized spacial score (nSPS) is 11.3. The summed E-state index contributed by atoms with van der Waals surface area (Å²) in [6.07, 6.45) is 0. The summed E-state index contributed by atoms with van der Waals surface area (Å²) in [7, 11) is 3.34. The van der Waals surface area contributed by atoms with Crippen LogP contribution in [0.1, 0.15) is 0 Å². The summed E-state index contributed by atoms with van der Waals surface area (Å²) in [6.45, 7) is 0. The number of aromatic nitrogens is 1. The van der Waals surface area contributed by atoms with E-state index in [1.807, 2.05) is 0 Å². The molecule has 0 bridgehead atoms. The highest BCUT2D eigenvalue weighted by atomic mass is 32.9. The summed E-state index contributed by atoms with van der Waals surface area (Å²) in [5.41, 5.74) is 3.76. The first-order chi connectivity index (χ1) is 8.95. The summed E-state index contributed by atoms with van der Waals surface area (Å²) in [5.74, 6) is 0. The van der Waals surface area contributed by atoms with Crippen molar-refractivity contribution in [3.8, 4) is 21.7 Å². The van der Waals surface area contributed by atoms with E-state index in [0.717, 1.165) is 5.69 Å². The van der Waals surface area contributed by atoms with Crippen molar-refractivity contribution in [1.82, 2.24) is 4.37 Å². The number of benzene rings is 2. The predicted octanol–water partition coefficient (Wildman–Crippen LogP) is 5.13. The summed E-state index contributed by atoms with van der Waals surface area (Å²) in [6, 6.07) is 19.1. The van der Waals surface area contributed by atoms with E-state index in [1.54, 1.807) is 20.9 Å². The Kier molecular flexibility index (Phi) is 2.22. The third-order valence-corrected chi connectivity index (χ3v) is 5.05. The third-order valence-electron chi connectivity index (χ3n) is 3.21. The van der Waals surface area contributed by atoms with E-state index in [1.165, 1.54) is 26.8 Å². The van der Waals surface area contributed by atoms with Crippen LogP contribution in [0.25, 0.3) is 32.5 Å². The summed E-state index contributed by atoms with van der Waals surface area (Å²) < 4.78 is 4.55. The van der Waals surface area contributed by atoms with Crippen LogP contribution in [-0.4, -0.2) is 4.37 Å². The zero-order chi connectivity index (χ0) is 11.9. The van der Waals surface area contributed by atoms with Gasteiger partial charge >= 0.3 is 0 Å². The van der Waals surface area contributed by atoms with E-state index in [2.05, 4.69) is 59.0 Å². The van der Waals surface area contributed by atoms with Crippen LogP contribution in [0, 0.1) is 0 Å². The van der Waals surface area contributed by atoms with Gasteiger partial charge in [-0.2, -0.15) is 4.37 Å². The van der Waals surface area contributed by atoms with Crippen molar-refractivity contribution in [1.29, 1.82) is 0 Å². The molecule has 2 aromatic rings. The minimum atomic E-state index is 1.15. The number of rotatable bonds is 1. The molecule has 0 amide bonds. The molecule has 18 heavy (non-hydrogen) atoms. The quantitative estimate of drug-likeness (QED) is 0.436. The largest absolute Gasteiger partial charge is 0.181 e. The van der Waals surface area contributed by atoms with Crippen molar-refractivity contribution < 1.29 is 0 Å². The van der Waals surface area contributed by atoms with Gasteiger partial charge in [-0.25, -0.2) is 0 Å². The van der Waals surface area contributed by atoms with Gasteiger partial charge in [0.15, 0.2) is 0 Å². The molecule has 1 aliphatic heterocycles. The fourth-order valence-electron chi connectivity index (χ4n) is 2.43. The Morgan fingerprint density at radius 2 is 1.50 bits per heavy atom. The van der Waals surface area contributed by atoms with Crippen LogP contribution in [0.4, 0.5) is 0 Å². The van der Waals surface area contributed by atoms with Gasteiger partial charge < -0.3 is 0 Å². The molecule has 1 nitrogen and oxygen atoms in total. The standard InChI is InChI=1S/C15H9NS2/c1-2-6-10(7-3-1)13-11-8-4-5-9-12(11)14-15(13)17-18-16-14/h1-9H. The van der Waals surface area contributed by atoms with Crippen LogP contribution in [0.3, 0.4) is 0 Å². The van der Waals surface area contributed by atoms with E-state index >= 15 is 0 Å². The minimum Gasteiger partial charge on any atom is -0.181 e. The molecular formula is C15H9NS2. The lowest BCUT2D eigenvalue weighted by atomic mass is 10.1. The maximum Gasteiger partial charge on any atom is 0.103 e. The highest BCUT2D eigenvalue weighted by molar-refractivity contribution is 7.68. The van der Waals surface area contributed by atoms with Crippen LogP contribution in [-0.2, 0) is 0 Å². The van der Waals surface area contributed by atoms with Crippen LogP contribution < -0.4 is 0 Å². The Hall–Kier alpha value is -1.71. The monoisotopic (exact) mass is 267 g/mol. The molecule has 0 aromatic heterocycles. The second-order valence-electron chi connectivity index (χ2n) is 4.21. The molecule has 0 unspecified atom stereocenters. The number of fused-ring (bicyclic) bond motifs is 3. The Balaban J connectivity index is 2.17. The average Bonchev–Trinajstić information content (AvgIpc) is 2.99. The lowest BCUT2D eigenvalue weighted by molar-refractivity contribution is 1.60. The lowest BCUT2D eigenvalue weighted by Crippen LogP contribution is -1.74. The molecule has 1 heterocycles. The molecule has 0 fully saturated rings. The molecule has 0 saturated carbocycles. The smallest absolute Gasteiger partial charge is 0.103 e. The molecule has 0 atom stereocenters. The Morgan fingerprint density at radius 3 is 2.33 bits per heavy atom. The Labute approximate surface area is 112 Å². The van der Waals surface area contributed by atoms with Crippen molar-refractivity contribution in [2.45, 2.75) is 0 Å². The van der Waals surface area contributed by atoms with Crippen molar-refractivity contribution in [3.05, 3.63) is 54.6 Å². The summed E-state index contributed by atoms with van der Waals surface area (Å²) >= 11 is 0. The van der Waals surface area contributed by atoms with Gasteiger partial charge in [-0.05, 0) is 10.9 Å². The van der Waals surface area contributed by atoms with E-state index in [9.17, 15) is 0 Å². The van der Waals surface area contributed by atoms with Gasteiger partial charge in [0.1, 0.15) is 5.69 Å². The van der Waals surface area contributed by atoms with Crippen molar-refractivity contribution >= 4 is 31.6 Å². The lowest BCUT2D eigenvalue weighted by Gasteiger charge is -2.00. The summed E-state index contributed by atoms with van der Waals surface area (Å²) in [5, 5.41) is 2.58. The first kappa shape index (κ1) is 10.2. The maximum absolute atomic E-state index is 4.55. The molecular weight excluding hydrogens is 258 g/mol. The number of hydrogen-bond acceptors (Lipinski definition) is 3. The second kappa shape index (κ2) is 3.90. The van der Waals surface area contributed by atoms with E-state index in [-0.39, 0.29) is 0 Å². The second-order valence-corrected chi connectivity index (χ2v) is 6.07. The van der Waals surface area contributed by atoms with Gasteiger partial charge in [0.05, 0.1) is 4.88 Å². The van der Waals surface area contributed by atoms with Crippen LogP contribution in [0.5, 0.6) is 0 Å². The minimum absolute atomic E-state index is 1.15. The van der Waals surface area contributed by atoms with E-state index in [0.29, 0.717) is 0 Å². The molecule has 0 spiro atoms. The fraction of sp³-hybridized carbons (Fsp3) is 0. The SMILES string of the molecule is c1ccc(-c2c3ssnc-3c3ccccc23)cc1. The van der Waals surface area contributed by atoms with Crippen LogP contribution in [0.2, 0.25) is 0 Å². The fourth-order valence-corrected chi connectivity index (χ4v) is 4.45. The van der Waals surface area contributed by atoms with Crippen molar-refractivity contribution in [2.75, 3.05) is 0 Å². The molecule has 86 valence electrons. The van der Waals surface area contributed by atoms with Gasteiger partial charge in [-0.3, -0.25) is 0 Å². The van der Waals surface area contributed by atoms with Gasteiger partial charge in [-0.1, -0.05) is 64.9 Å². The summed E-state index contributed by atoms with van der Waals surface area (Å²) in [4.78, 5) is 1.31. The van der Waals surface area contributed by atoms with E-state index in [4.69, 9.17) is 0 Å². The topological polar surface area (TPSA) is 12.9 Å². The molecule has 3 heteroatoms. The maximum atomic E-state index is 4.55. The molecule has 2 aliphatic rings. The molecule has 0 N–H and O–H groups in total. The van der Waals surface area contributed by atoms with Gasteiger partial charge in [-0.15, -0.1) is 0 Å². The first-order valence-electron chi connectivity index (χ1n) is 5.77. The van der Waals surface area contributed by atoms with Crippen LogP contribution in [0.15, 0.2) is 54.6 Å². The van der Waals surface area contributed by atoms with Crippen LogP contribution >= 0.6 is 20.9 Å². The van der Waals surface area contributed by atoms with Crippen molar-refractivity contribution in [3.63, 3.8) is 0 Å². The van der Waals surface area contributed by atoms with Gasteiger partial charge in [0, 0.05) is 21.5 Å². The molecule has 4 rings (SSSR count). The zero-order valence-corrected chi connectivity index (χ0v) is 11.1. The first-order valence-corrected chi connectivity index (χ1v) is 7.87. The highest BCUT2D eigenvalue weighted by Crippen LogP contribution is 2.47. The highest BCUT2D eigenvalue weighted by Gasteiger charge is 2.21. The average molecular weight is 267 g/mol. The Bertz CT molecular complexity index is 783. The molecule has 0 radical (unpaired) electrons. The Morgan fingerprint density at radius 1 is 0.778 bits per heavy atom. The molecule has 2 aromatic carbocycles. The molecule has 0 saturated heterocycles. The predicted molar refractivity (Wildman–Crippen MR) is 79.6 cm³/mol. The number of hydrogen-bond donors (Lipinski definition) is 0. The third kappa shape index (κ3) is 1.35. The molecule has 1 aliphatic carbocycles. The van der Waals surface area contributed by atoms with E-state index < -0.39 is 0 Å². The number of nitrogens with zero attached hydrogens (tertiary/aromatic N) is 1. The van der Waals surface area contributed by atoms with Crippen molar-refractivity contribution in [2.24, 2.45) is 0 Å². The zero-order valence-electron chi connectivity index (χ0n) is 9.46. The van der Waals surface area contributed by atoms with Gasteiger partial charge in [0.2, 0.25) is 0 Å².